The molecule has 0 aliphatic carbocycles. The lowest BCUT2D eigenvalue weighted by molar-refractivity contribution is -0.385. The van der Waals surface area contributed by atoms with E-state index in [0.29, 0.717) is 22.8 Å². The summed E-state index contributed by atoms with van der Waals surface area (Å²) in [5, 5.41) is 16.4. The average molecular weight is 481 g/mol. The van der Waals surface area contributed by atoms with Gasteiger partial charge in [0.1, 0.15) is 21.9 Å². The van der Waals surface area contributed by atoms with Crippen molar-refractivity contribution in [3.8, 4) is 5.75 Å². The van der Waals surface area contributed by atoms with Gasteiger partial charge in [-0.2, -0.15) is 5.10 Å². The van der Waals surface area contributed by atoms with Gasteiger partial charge in [0.2, 0.25) is 0 Å². The summed E-state index contributed by atoms with van der Waals surface area (Å²) in [6.07, 6.45) is 0. The molecule has 10 nitrogen and oxygen atoms in total. The van der Waals surface area contributed by atoms with E-state index in [2.05, 4.69) is 15.2 Å². The number of hydrogen-bond acceptors (Lipinski definition) is 8. The molecule has 0 radical (unpaired) electrons. The number of para-hydroxylation sites is 3. The van der Waals surface area contributed by atoms with Gasteiger partial charge in [0, 0.05) is 17.5 Å². The summed E-state index contributed by atoms with van der Waals surface area (Å²) in [5.41, 5.74) is 3.68. The van der Waals surface area contributed by atoms with E-state index in [4.69, 9.17) is 9.15 Å². The predicted octanol–water partition coefficient (Wildman–Crippen LogP) is 4.99. The van der Waals surface area contributed by atoms with Gasteiger partial charge in [-0.15, -0.1) is 0 Å². The molecule has 0 fully saturated rings. The number of furan rings is 1. The third kappa shape index (κ3) is 4.69. The molecule has 0 spiro atoms. The van der Waals surface area contributed by atoms with Crippen LogP contribution in [0.2, 0.25) is 0 Å². The first-order chi connectivity index (χ1) is 16.3. The molecule has 0 aliphatic heterocycles. The number of benzene rings is 3. The van der Waals surface area contributed by atoms with E-state index in [-0.39, 0.29) is 22.0 Å². The van der Waals surface area contributed by atoms with Crippen LogP contribution in [0.1, 0.15) is 12.7 Å². The SMILES string of the molecule is COc1ccccc1NS(=O)(=O)c1cc([N+](=O)[O-])ccc1N/N=C(/C)c1cc2ccccc2o1. The first kappa shape index (κ1) is 22.8. The van der Waals surface area contributed by atoms with Crippen molar-refractivity contribution >= 4 is 43.8 Å². The molecule has 0 saturated carbocycles. The number of nitrogens with zero attached hydrogens (tertiary/aromatic N) is 2. The van der Waals surface area contributed by atoms with Gasteiger partial charge in [0.05, 0.1) is 23.4 Å². The van der Waals surface area contributed by atoms with Crippen molar-refractivity contribution in [1.82, 2.24) is 0 Å². The van der Waals surface area contributed by atoms with E-state index in [0.717, 1.165) is 11.5 Å². The molecule has 1 aromatic heterocycles. The van der Waals surface area contributed by atoms with E-state index in [1.807, 2.05) is 30.3 Å². The highest BCUT2D eigenvalue weighted by molar-refractivity contribution is 7.93. The Hall–Kier alpha value is -4.38. The molecular weight excluding hydrogens is 460 g/mol. The maximum Gasteiger partial charge on any atom is 0.270 e. The molecule has 2 N–H and O–H groups in total. The van der Waals surface area contributed by atoms with Crippen LogP contribution >= 0.6 is 0 Å². The minimum atomic E-state index is -4.26. The second-order valence-electron chi connectivity index (χ2n) is 7.20. The van der Waals surface area contributed by atoms with Crippen molar-refractivity contribution in [3.63, 3.8) is 0 Å². The molecule has 174 valence electrons. The minimum absolute atomic E-state index is 0.0449. The maximum atomic E-state index is 13.2. The molecule has 4 aromatic rings. The van der Waals surface area contributed by atoms with Crippen LogP contribution in [0, 0.1) is 10.1 Å². The lowest BCUT2D eigenvalue weighted by Crippen LogP contribution is -2.16. The van der Waals surface area contributed by atoms with Crippen molar-refractivity contribution in [3.05, 3.63) is 88.7 Å². The van der Waals surface area contributed by atoms with Gasteiger partial charge < -0.3 is 9.15 Å². The van der Waals surface area contributed by atoms with Crippen molar-refractivity contribution in [2.24, 2.45) is 5.10 Å². The van der Waals surface area contributed by atoms with Crippen molar-refractivity contribution in [1.29, 1.82) is 0 Å². The number of rotatable bonds is 8. The van der Waals surface area contributed by atoms with Crippen LogP contribution in [0.3, 0.4) is 0 Å². The summed E-state index contributed by atoms with van der Waals surface area (Å²) < 4.78 is 39.8. The second kappa shape index (κ2) is 9.24. The van der Waals surface area contributed by atoms with E-state index in [1.165, 1.54) is 25.3 Å². The zero-order valence-electron chi connectivity index (χ0n) is 18.2. The Balaban J connectivity index is 1.70. The minimum Gasteiger partial charge on any atom is -0.495 e. The van der Waals surface area contributed by atoms with Gasteiger partial charge in [-0.25, -0.2) is 8.42 Å². The van der Waals surface area contributed by atoms with Gasteiger partial charge in [-0.1, -0.05) is 30.3 Å². The zero-order chi connectivity index (χ0) is 24.3. The number of sulfonamides is 1. The molecule has 3 aromatic carbocycles. The summed E-state index contributed by atoms with van der Waals surface area (Å²) in [7, 11) is -2.85. The summed E-state index contributed by atoms with van der Waals surface area (Å²) >= 11 is 0. The number of methoxy groups -OCH3 is 1. The monoisotopic (exact) mass is 480 g/mol. The number of anilines is 2. The van der Waals surface area contributed by atoms with Crippen LogP contribution in [-0.2, 0) is 10.0 Å². The number of nitro benzene ring substituents is 1. The highest BCUT2D eigenvalue weighted by Gasteiger charge is 2.24. The van der Waals surface area contributed by atoms with Crippen LogP contribution in [0.5, 0.6) is 5.75 Å². The first-order valence-electron chi connectivity index (χ1n) is 10.0. The van der Waals surface area contributed by atoms with Crippen LogP contribution in [0.4, 0.5) is 17.1 Å². The fourth-order valence-electron chi connectivity index (χ4n) is 3.23. The number of non-ortho nitro benzene ring substituents is 1. The normalized spacial score (nSPS) is 11.9. The van der Waals surface area contributed by atoms with Gasteiger partial charge in [0.25, 0.3) is 15.7 Å². The Morgan fingerprint density at radius 3 is 2.50 bits per heavy atom. The third-order valence-corrected chi connectivity index (χ3v) is 6.35. The van der Waals surface area contributed by atoms with Gasteiger partial charge in [-0.3, -0.25) is 20.3 Å². The molecule has 0 saturated heterocycles. The summed E-state index contributed by atoms with van der Waals surface area (Å²) in [5.74, 6) is 0.789. The quantitative estimate of drug-likeness (QED) is 0.206. The standard InChI is InChI=1S/C23H20N4O6S/c1-15(22-13-16-7-3-5-9-20(16)33-22)24-25-19-12-11-17(27(28)29)14-23(19)34(30,31)26-18-8-4-6-10-21(18)32-2/h3-14,25-26H,1-2H3/b24-15-. The Kier molecular flexibility index (Phi) is 6.19. The summed E-state index contributed by atoms with van der Waals surface area (Å²) in [6.45, 7) is 1.69. The first-order valence-corrected chi connectivity index (χ1v) is 11.5. The molecular formula is C23H20N4O6S. The van der Waals surface area contributed by atoms with Crippen LogP contribution in [0.15, 0.2) is 87.2 Å². The van der Waals surface area contributed by atoms with E-state index < -0.39 is 14.9 Å². The predicted molar refractivity (Wildman–Crippen MR) is 129 cm³/mol. The Morgan fingerprint density at radius 1 is 1.03 bits per heavy atom. The van der Waals surface area contributed by atoms with Crippen LogP contribution in [-0.4, -0.2) is 26.2 Å². The summed E-state index contributed by atoms with van der Waals surface area (Å²) in [6, 6.07) is 19.1. The number of fused-ring (bicyclic) bond motifs is 1. The summed E-state index contributed by atoms with van der Waals surface area (Å²) in [4.78, 5) is 10.3. The Bertz CT molecular complexity index is 1480. The third-order valence-electron chi connectivity index (χ3n) is 4.94. The van der Waals surface area contributed by atoms with Crippen molar-refractivity contribution < 1.29 is 22.5 Å². The molecule has 0 amide bonds. The topological polar surface area (TPSA) is 136 Å². The fourth-order valence-corrected chi connectivity index (χ4v) is 4.47. The molecule has 11 heteroatoms. The second-order valence-corrected chi connectivity index (χ2v) is 8.85. The molecule has 34 heavy (non-hydrogen) atoms. The fraction of sp³-hybridized carbons (Fsp3) is 0.0870. The van der Waals surface area contributed by atoms with Crippen LogP contribution in [0.25, 0.3) is 11.0 Å². The van der Waals surface area contributed by atoms with Crippen LogP contribution < -0.4 is 14.9 Å². The van der Waals surface area contributed by atoms with Crippen molar-refractivity contribution in [2.75, 3.05) is 17.3 Å². The lowest BCUT2D eigenvalue weighted by Gasteiger charge is -2.14. The highest BCUT2D eigenvalue weighted by atomic mass is 32.2. The lowest BCUT2D eigenvalue weighted by atomic mass is 10.2. The van der Waals surface area contributed by atoms with Gasteiger partial charge >= 0.3 is 0 Å². The molecule has 0 atom stereocenters. The molecule has 0 bridgehead atoms. The zero-order valence-corrected chi connectivity index (χ0v) is 19.0. The number of hydrogen-bond donors (Lipinski definition) is 2. The average Bonchev–Trinajstić information content (AvgIpc) is 3.27. The van der Waals surface area contributed by atoms with Gasteiger partial charge in [-0.05, 0) is 37.3 Å². The molecule has 4 rings (SSSR count). The molecule has 1 heterocycles. The Morgan fingerprint density at radius 2 is 1.76 bits per heavy atom. The maximum absolute atomic E-state index is 13.2. The largest absolute Gasteiger partial charge is 0.495 e. The van der Waals surface area contributed by atoms with Gasteiger partial charge in [0.15, 0.2) is 5.76 Å². The highest BCUT2D eigenvalue weighted by Crippen LogP contribution is 2.31. The van der Waals surface area contributed by atoms with Crippen molar-refractivity contribution in [2.45, 2.75) is 11.8 Å². The number of ether oxygens (including phenoxy) is 1. The number of nitrogens with one attached hydrogen (secondary N) is 2. The molecule has 0 unspecified atom stereocenters. The number of nitro groups is 1. The van der Waals surface area contributed by atoms with E-state index in [9.17, 15) is 18.5 Å². The number of hydrazone groups is 1. The van der Waals surface area contributed by atoms with E-state index >= 15 is 0 Å². The molecule has 0 aliphatic rings. The Labute approximate surface area is 195 Å². The van der Waals surface area contributed by atoms with E-state index in [1.54, 1.807) is 25.1 Å². The smallest absolute Gasteiger partial charge is 0.270 e.